The number of methoxy groups -OCH3 is 1. The topological polar surface area (TPSA) is 37.4 Å². The maximum absolute atomic E-state index is 5.32. The van der Waals surface area contributed by atoms with Crippen LogP contribution in [0, 0.1) is 0 Å². The number of hydrogen-bond acceptors (Lipinski definition) is 4. The van der Waals surface area contributed by atoms with Crippen LogP contribution in [-0.4, -0.2) is 38.3 Å². The molecule has 4 nitrogen and oxygen atoms in total. The van der Waals surface area contributed by atoms with E-state index in [1.807, 2.05) is 18.3 Å². The lowest BCUT2D eigenvalue weighted by molar-refractivity contribution is 0.415. The quantitative estimate of drug-likeness (QED) is 0.875. The van der Waals surface area contributed by atoms with Crippen LogP contribution in [0.4, 0.5) is 5.82 Å². The Morgan fingerprint density at radius 2 is 2.20 bits per heavy atom. The molecule has 4 heteroatoms. The highest BCUT2D eigenvalue weighted by Gasteiger charge is 2.20. The fourth-order valence-corrected chi connectivity index (χ4v) is 2.39. The van der Waals surface area contributed by atoms with Crippen molar-refractivity contribution in [2.45, 2.75) is 18.9 Å². The number of anilines is 1. The lowest BCUT2D eigenvalue weighted by Gasteiger charge is -2.20. The first-order valence-corrected chi connectivity index (χ1v) is 7.15. The molecule has 0 atom stereocenters. The number of hydrogen-bond donors (Lipinski definition) is 1. The molecule has 3 rings (SSSR count). The fraction of sp³-hybridized carbons (Fsp3) is 0.438. The molecule has 0 spiro atoms. The maximum Gasteiger partial charge on any atom is 0.136 e. The van der Waals surface area contributed by atoms with Crippen LogP contribution >= 0.6 is 0 Å². The fourth-order valence-electron chi connectivity index (χ4n) is 2.39. The van der Waals surface area contributed by atoms with Crippen LogP contribution in [-0.2, 0) is 0 Å². The Labute approximate surface area is 119 Å². The third kappa shape index (κ3) is 2.85. The van der Waals surface area contributed by atoms with Crippen LogP contribution in [0.5, 0.6) is 5.75 Å². The maximum atomic E-state index is 5.32. The van der Waals surface area contributed by atoms with E-state index < -0.39 is 0 Å². The van der Waals surface area contributed by atoms with E-state index in [9.17, 15) is 0 Å². The van der Waals surface area contributed by atoms with Crippen LogP contribution in [0.25, 0.3) is 10.8 Å². The summed E-state index contributed by atoms with van der Waals surface area (Å²) in [5.41, 5.74) is 0. The zero-order chi connectivity index (χ0) is 13.9. The Morgan fingerprint density at radius 3 is 2.95 bits per heavy atom. The third-order valence-corrected chi connectivity index (χ3v) is 3.77. The Kier molecular flexibility index (Phi) is 3.74. The Balaban J connectivity index is 1.80. The van der Waals surface area contributed by atoms with E-state index in [2.05, 4.69) is 34.4 Å². The van der Waals surface area contributed by atoms with Gasteiger partial charge in [-0.15, -0.1) is 0 Å². The SMILES string of the molecule is COc1ccc2ccnc(N(C)CCNC3CC3)c2c1. The van der Waals surface area contributed by atoms with Gasteiger partial charge < -0.3 is 15.0 Å². The van der Waals surface area contributed by atoms with Gasteiger partial charge in [0.2, 0.25) is 0 Å². The third-order valence-electron chi connectivity index (χ3n) is 3.77. The van der Waals surface area contributed by atoms with Gasteiger partial charge in [0.25, 0.3) is 0 Å². The van der Waals surface area contributed by atoms with Crippen LogP contribution < -0.4 is 15.0 Å². The first-order chi connectivity index (χ1) is 9.78. The molecular weight excluding hydrogens is 250 g/mol. The highest BCUT2D eigenvalue weighted by molar-refractivity contribution is 5.93. The van der Waals surface area contributed by atoms with E-state index in [4.69, 9.17) is 4.74 Å². The Bertz CT molecular complexity index is 595. The van der Waals surface area contributed by atoms with Gasteiger partial charge in [0.05, 0.1) is 7.11 Å². The van der Waals surface area contributed by atoms with Gasteiger partial charge in [-0.25, -0.2) is 4.98 Å². The molecular formula is C16H21N3O. The number of ether oxygens (including phenoxy) is 1. The summed E-state index contributed by atoms with van der Waals surface area (Å²) in [6, 6.07) is 8.91. The van der Waals surface area contributed by atoms with Gasteiger partial charge in [-0.2, -0.15) is 0 Å². The second-order valence-corrected chi connectivity index (χ2v) is 5.37. The molecule has 1 aliphatic carbocycles. The standard InChI is InChI=1S/C16H21N3O/c1-19(10-9-17-13-4-5-13)16-15-11-14(20-2)6-3-12(15)7-8-18-16/h3,6-8,11,13,17H,4-5,9-10H2,1-2H3. The minimum atomic E-state index is 0.754. The van der Waals surface area contributed by atoms with Gasteiger partial charge in [-0.05, 0) is 36.4 Å². The van der Waals surface area contributed by atoms with Crippen molar-refractivity contribution < 1.29 is 4.74 Å². The molecule has 2 aromatic rings. The van der Waals surface area contributed by atoms with Gasteiger partial charge in [0.15, 0.2) is 0 Å². The van der Waals surface area contributed by atoms with E-state index in [1.165, 1.54) is 18.2 Å². The summed E-state index contributed by atoms with van der Waals surface area (Å²) in [6.07, 6.45) is 4.52. The first-order valence-electron chi connectivity index (χ1n) is 7.15. The summed E-state index contributed by atoms with van der Waals surface area (Å²) >= 11 is 0. The number of aromatic nitrogens is 1. The molecule has 0 unspecified atom stereocenters. The number of benzene rings is 1. The van der Waals surface area contributed by atoms with Crippen molar-refractivity contribution >= 4 is 16.6 Å². The normalized spacial score (nSPS) is 14.5. The summed E-state index contributed by atoms with van der Waals surface area (Å²) in [6.45, 7) is 1.96. The molecule has 1 N–H and O–H groups in total. The second kappa shape index (κ2) is 5.67. The molecule has 1 aromatic heterocycles. The average molecular weight is 271 g/mol. The van der Waals surface area contributed by atoms with Crippen molar-refractivity contribution in [2.24, 2.45) is 0 Å². The van der Waals surface area contributed by atoms with Gasteiger partial charge >= 0.3 is 0 Å². The van der Waals surface area contributed by atoms with Crippen LogP contribution in [0.1, 0.15) is 12.8 Å². The molecule has 0 saturated heterocycles. The molecule has 0 radical (unpaired) electrons. The number of nitrogens with one attached hydrogen (secondary N) is 1. The van der Waals surface area contributed by atoms with E-state index in [1.54, 1.807) is 7.11 Å². The molecule has 1 fully saturated rings. The number of nitrogens with zero attached hydrogens (tertiary/aromatic N) is 2. The molecule has 0 aliphatic heterocycles. The summed E-state index contributed by atoms with van der Waals surface area (Å²) in [5.74, 6) is 1.88. The number of fused-ring (bicyclic) bond motifs is 1. The van der Waals surface area contributed by atoms with Crippen molar-refractivity contribution in [3.05, 3.63) is 30.5 Å². The highest BCUT2D eigenvalue weighted by atomic mass is 16.5. The summed E-state index contributed by atoms with van der Waals surface area (Å²) < 4.78 is 5.32. The van der Waals surface area contributed by atoms with Crippen molar-refractivity contribution in [2.75, 3.05) is 32.1 Å². The van der Waals surface area contributed by atoms with Crippen molar-refractivity contribution in [3.63, 3.8) is 0 Å². The lowest BCUT2D eigenvalue weighted by atomic mass is 10.1. The highest BCUT2D eigenvalue weighted by Crippen LogP contribution is 2.27. The molecule has 106 valence electrons. The molecule has 1 heterocycles. The van der Waals surface area contributed by atoms with E-state index in [0.717, 1.165) is 36.1 Å². The molecule has 1 aliphatic rings. The minimum absolute atomic E-state index is 0.754. The average Bonchev–Trinajstić information content (AvgIpc) is 3.30. The monoisotopic (exact) mass is 271 g/mol. The van der Waals surface area contributed by atoms with E-state index in [0.29, 0.717) is 0 Å². The largest absolute Gasteiger partial charge is 0.497 e. The predicted molar refractivity (Wildman–Crippen MR) is 82.6 cm³/mol. The molecule has 20 heavy (non-hydrogen) atoms. The van der Waals surface area contributed by atoms with Crippen LogP contribution in [0.2, 0.25) is 0 Å². The lowest BCUT2D eigenvalue weighted by Crippen LogP contribution is -2.30. The molecule has 1 saturated carbocycles. The van der Waals surface area contributed by atoms with Gasteiger partial charge in [0.1, 0.15) is 11.6 Å². The van der Waals surface area contributed by atoms with Crippen molar-refractivity contribution in [1.82, 2.24) is 10.3 Å². The van der Waals surface area contributed by atoms with Gasteiger partial charge in [-0.3, -0.25) is 0 Å². The number of pyridine rings is 1. The smallest absolute Gasteiger partial charge is 0.136 e. The van der Waals surface area contributed by atoms with Gasteiger partial charge in [0, 0.05) is 37.8 Å². The zero-order valence-corrected chi connectivity index (χ0v) is 12.1. The number of rotatable bonds is 6. The summed E-state index contributed by atoms with van der Waals surface area (Å²) in [7, 11) is 3.79. The molecule has 1 aromatic carbocycles. The minimum Gasteiger partial charge on any atom is -0.497 e. The van der Waals surface area contributed by atoms with Crippen molar-refractivity contribution in [1.29, 1.82) is 0 Å². The van der Waals surface area contributed by atoms with E-state index >= 15 is 0 Å². The van der Waals surface area contributed by atoms with E-state index in [-0.39, 0.29) is 0 Å². The zero-order valence-electron chi connectivity index (χ0n) is 12.1. The van der Waals surface area contributed by atoms with Crippen LogP contribution in [0.3, 0.4) is 0 Å². The summed E-state index contributed by atoms with van der Waals surface area (Å²) in [5, 5.41) is 5.87. The Morgan fingerprint density at radius 1 is 1.35 bits per heavy atom. The van der Waals surface area contributed by atoms with Gasteiger partial charge in [-0.1, -0.05) is 6.07 Å². The molecule has 0 amide bonds. The second-order valence-electron chi connectivity index (χ2n) is 5.37. The number of likely N-dealkylation sites (N-methyl/N-ethyl adjacent to an activating group) is 1. The predicted octanol–water partition coefficient (Wildman–Crippen LogP) is 2.43. The van der Waals surface area contributed by atoms with Crippen molar-refractivity contribution in [3.8, 4) is 5.75 Å². The summed E-state index contributed by atoms with van der Waals surface area (Å²) in [4.78, 5) is 6.74. The molecule has 0 bridgehead atoms. The first kappa shape index (κ1) is 13.2. The Hall–Kier alpha value is -1.81. The van der Waals surface area contributed by atoms with Crippen LogP contribution in [0.15, 0.2) is 30.5 Å².